The zero-order valence-corrected chi connectivity index (χ0v) is 12.9. The van der Waals surface area contributed by atoms with Crippen LogP contribution in [0.1, 0.15) is 24.0 Å². The van der Waals surface area contributed by atoms with Gasteiger partial charge in [0.25, 0.3) is 0 Å². The lowest BCUT2D eigenvalue weighted by atomic mass is 9.98. The first-order chi connectivity index (χ1) is 9.94. The molecule has 5 heteroatoms. The fourth-order valence-electron chi connectivity index (χ4n) is 3.09. The van der Waals surface area contributed by atoms with E-state index in [2.05, 4.69) is 13.0 Å². The third kappa shape index (κ3) is 3.02. The van der Waals surface area contributed by atoms with Gasteiger partial charge in [-0.25, -0.2) is 8.42 Å². The van der Waals surface area contributed by atoms with Crippen molar-refractivity contribution in [2.45, 2.75) is 26.2 Å². The molecule has 0 radical (unpaired) electrons. The van der Waals surface area contributed by atoms with Crippen LogP contribution in [0.4, 0.5) is 5.69 Å². The molecule has 0 saturated heterocycles. The van der Waals surface area contributed by atoms with Gasteiger partial charge in [0.15, 0.2) is 9.84 Å². The van der Waals surface area contributed by atoms with Gasteiger partial charge in [0.1, 0.15) is 0 Å². The highest BCUT2D eigenvalue weighted by Crippen LogP contribution is 2.29. The Morgan fingerprint density at radius 1 is 1.38 bits per heavy atom. The van der Waals surface area contributed by atoms with Gasteiger partial charge in [-0.2, -0.15) is 0 Å². The zero-order chi connectivity index (χ0) is 15.0. The first-order valence-electron chi connectivity index (χ1n) is 7.25. The van der Waals surface area contributed by atoms with Crippen molar-refractivity contribution < 1.29 is 13.2 Å². The van der Waals surface area contributed by atoms with E-state index in [9.17, 15) is 13.2 Å². The van der Waals surface area contributed by atoms with Gasteiger partial charge in [-0.1, -0.05) is 23.8 Å². The second-order valence-corrected chi connectivity index (χ2v) is 7.83. The minimum Gasteiger partial charge on any atom is -0.312 e. The van der Waals surface area contributed by atoms with Crippen molar-refractivity contribution >= 4 is 21.4 Å². The largest absolute Gasteiger partial charge is 0.312 e. The number of fused-ring (bicyclic) bond motifs is 1. The van der Waals surface area contributed by atoms with E-state index in [1.807, 2.05) is 17.0 Å². The number of anilines is 1. The number of hydrogen-bond acceptors (Lipinski definition) is 3. The van der Waals surface area contributed by atoms with Crippen molar-refractivity contribution in [2.24, 2.45) is 5.92 Å². The zero-order valence-electron chi connectivity index (χ0n) is 12.1. The minimum absolute atomic E-state index is 0.0200. The molecule has 0 N–H and O–H groups in total. The summed E-state index contributed by atoms with van der Waals surface area (Å²) < 4.78 is 22.8. The van der Waals surface area contributed by atoms with E-state index in [4.69, 9.17) is 0 Å². The quantitative estimate of drug-likeness (QED) is 0.842. The lowest BCUT2D eigenvalue weighted by Gasteiger charge is -2.30. The summed E-state index contributed by atoms with van der Waals surface area (Å²) in [5.74, 6) is -0.0993. The van der Waals surface area contributed by atoms with E-state index in [1.54, 1.807) is 6.08 Å². The molecule has 0 aliphatic carbocycles. The van der Waals surface area contributed by atoms with Gasteiger partial charge in [0, 0.05) is 30.0 Å². The molecular formula is C16H19NO3S. The van der Waals surface area contributed by atoms with Crippen molar-refractivity contribution in [2.75, 3.05) is 17.2 Å². The van der Waals surface area contributed by atoms with Crippen LogP contribution in [0.3, 0.4) is 0 Å². The van der Waals surface area contributed by atoms with Crippen LogP contribution in [-0.2, 0) is 21.1 Å². The number of benzene rings is 1. The molecule has 1 amide bonds. The number of amides is 1. The number of hydrogen-bond donors (Lipinski definition) is 0. The fourth-order valence-corrected chi connectivity index (χ4v) is 4.49. The predicted molar refractivity (Wildman–Crippen MR) is 82.9 cm³/mol. The predicted octanol–water partition coefficient (Wildman–Crippen LogP) is 2.22. The molecular weight excluding hydrogens is 286 g/mol. The van der Waals surface area contributed by atoms with Crippen molar-refractivity contribution in [1.82, 2.24) is 0 Å². The molecule has 0 spiro atoms. The van der Waals surface area contributed by atoms with Crippen molar-refractivity contribution in [3.05, 3.63) is 40.8 Å². The van der Waals surface area contributed by atoms with E-state index in [0.29, 0.717) is 0 Å². The second-order valence-electron chi connectivity index (χ2n) is 5.90. The molecule has 1 aromatic carbocycles. The Balaban J connectivity index is 1.76. The van der Waals surface area contributed by atoms with E-state index < -0.39 is 9.84 Å². The standard InChI is InChI=1S/C16H19NO3S/c1-12-4-5-15-14(9-12)3-2-7-17(15)16(18)10-13-6-8-21(19,20)11-13/h4-6,8-9,13H,2-3,7,10-11H2,1H3. The molecule has 3 rings (SSSR count). The number of aryl methyl sites for hydroxylation is 2. The number of sulfone groups is 1. The minimum atomic E-state index is -3.09. The molecule has 4 nitrogen and oxygen atoms in total. The number of carbonyl (C=O) groups excluding carboxylic acids is 1. The summed E-state index contributed by atoms with van der Waals surface area (Å²) in [5, 5.41) is 1.23. The summed E-state index contributed by atoms with van der Waals surface area (Å²) in [6.07, 6.45) is 3.87. The van der Waals surface area contributed by atoms with Crippen molar-refractivity contribution in [1.29, 1.82) is 0 Å². The summed E-state index contributed by atoms with van der Waals surface area (Å²) in [4.78, 5) is 14.3. The van der Waals surface area contributed by atoms with Crippen LogP contribution in [0.2, 0.25) is 0 Å². The Labute approximate surface area is 125 Å². The van der Waals surface area contributed by atoms with Crippen molar-refractivity contribution in [3.63, 3.8) is 0 Å². The Hall–Kier alpha value is -1.62. The van der Waals surface area contributed by atoms with Gasteiger partial charge < -0.3 is 4.90 Å². The van der Waals surface area contributed by atoms with Gasteiger partial charge in [-0.3, -0.25) is 4.79 Å². The van der Waals surface area contributed by atoms with E-state index in [1.165, 1.54) is 16.5 Å². The van der Waals surface area contributed by atoms with Crippen LogP contribution >= 0.6 is 0 Å². The molecule has 0 bridgehead atoms. The summed E-state index contributed by atoms with van der Waals surface area (Å²) in [5.41, 5.74) is 3.40. The number of carbonyl (C=O) groups is 1. The molecule has 2 aliphatic heterocycles. The molecule has 1 aromatic rings. The molecule has 1 unspecified atom stereocenters. The van der Waals surface area contributed by atoms with Crippen LogP contribution in [0.25, 0.3) is 0 Å². The Bertz CT molecular complexity index is 706. The van der Waals surface area contributed by atoms with Crippen LogP contribution < -0.4 is 4.90 Å². The summed E-state index contributed by atoms with van der Waals surface area (Å²) >= 11 is 0. The molecule has 1 atom stereocenters. The number of rotatable bonds is 2. The van der Waals surface area contributed by atoms with Crippen LogP contribution in [-0.4, -0.2) is 26.6 Å². The number of nitrogens with zero attached hydrogens (tertiary/aromatic N) is 1. The van der Waals surface area contributed by atoms with E-state index >= 15 is 0 Å². The first-order valence-corrected chi connectivity index (χ1v) is 8.97. The molecule has 2 aliphatic rings. The lowest BCUT2D eigenvalue weighted by molar-refractivity contribution is -0.119. The van der Waals surface area contributed by atoms with Crippen LogP contribution in [0, 0.1) is 12.8 Å². The monoisotopic (exact) mass is 305 g/mol. The van der Waals surface area contributed by atoms with Gasteiger partial charge in [-0.15, -0.1) is 0 Å². The molecule has 112 valence electrons. The maximum Gasteiger partial charge on any atom is 0.227 e. The molecule has 2 heterocycles. The fraction of sp³-hybridized carbons (Fsp3) is 0.438. The van der Waals surface area contributed by atoms with Gasteiger partial charge in [0.2, 0.25) is 5.91 Å². The average molecular weight is 305 g/mol. The molecule has 0 aromatic heterocycles. The van der Waals surface area contributed by atoms with Crippen LogP contribution in [0.15, 0.2) is 29.7 Å². The van der Waals surface area contributed by atoms with E-state index in [-0.39, 0.29) is 24.0 Å². The molecule has 21 heavy (non-hydrogen) atoms. The highest BCUT2D eigenvalue weighted by molar-refractivity contribution is 7.94. The highest BCUT2D eigenvalue weighted by Gasteiger charge is 2.28. The smallest absolute Gasteiger partial charge is 0.227 e. The average Bonchev–Trinajstić information content (AvgIpc) is 2.76. The number of allylic oxidation sites excluding steroid dienone is 1. The third-order valence-electron chi connectivity index (χ3n) is 4.10. The summed E-state index contributed by atoms with van der Waals surface area (Å²) in [6.45, 7) is 2.77. The van der Waals surface area contributed by atoms with Crippen molar-refractivity contribution in [3.8, 4) is 0 Å². The maximum atomic E-state index is 12.5. The molecule has 0 saturated carbocycles. The van der Waals surface area contributed by atoms with Gasteiger partial charge >= 0.3 is 0 Å². The Kier molecular flexibility index (Phi) is 3.61. The third-order valence-corrected chi connectivity index (χ3v) is 5.56. The van der Waals surface area contributed by atoms with Crippen LogP contribution in [0.5, 0.6) is 0 Å². The first kappa shape index (κ1) is 14.3. The maximum absolute atomic E-state index is 12.5. The Morgan fingerprint density at radius 3 is 2.90 bits per heavy atom. The van der Waals surface area contributed by atoms with Gasteiger partial charge in [-0.05, 0) is 31.4 Å². The highest BCUT2D eigenvalue weighted by atomic mass is 32.2. The normalized spacial score (nSPS) is 23.1. The Morgan fingerprint density at radius 2 is 2.19 bits per heavy atom. The summed E-state index contributed by atoms with van der Waals surface area (Å²) in [6, 6.07) is 6.15. The topological polar surface area (TPSA) is 54.5 Å². The van der Waals surface area contributed by atoms with Gasteiger partial charge in [0.05, 0.1) is 5.75 Å². The second kappa shape index (κ2) is 5.30. The SMILES string of the molecule is Cc1ccc2c(c1)CCCN2C(=O)CC1C=CS(=O)(=O)C1. The summed E-state index contributed by atoms with van der Waals surface area (Å²) in [7, 11) is -3.09. The lowest BCUT2D eigenvalue weighted by Crippen LogP contribution is -2.36. The van der Waals surface area contributed by atoms with E-state index in [0.717, 1.165) is 25.1 Å². The molecule has 0 fully saturated rings.